The summed E-state index contributed by atoms with van der Waals surface area (Å²) >= 11 is 0. The number of nitrogen functional groups attached to an aromatic ring is 1. The number of carbonyl (C=O) groups excluding carboxylic acids is 1. The summed E-state index contributed by atoms with van der Waals surface area (Å²) < 4.78 is 4.78. The fourth-order valence-corrected chi connectivity index (χ4v) is 2.75. The molecule has 9 nitrogen and oxygen atoms in total. The fourth-order valence-electron chi connectivity index (χ4n) is 2.75. The average molecular weight is 329 g/mol. The van der Waals surface area contributed by atoms with Crippen molar-refractivity contribution in [2.75, 3.05) is 48.8 Å². The van der Waals surface area contributed by atoms with Gasteiger partial charge in [-0.3, -0.25) is 4.79 Å². The molecule has 0 spiro atoms. The molecule has 24 heavy (non-hydrogen) atoms. The molecule has 1 fully saturated rings. The normalized spacial score (nSPS) is 14.5. The van der Waals surface area contributed by atoms with Gasteiger partial charge in [-0.15, -0.1) is 0 Å². The summed E-state index contributed by atoms with van der Waals surface area (Å²) in [4.78, 5) is 23.4. The smallest absolute Gasteiger partial charge is 0.308 e. The van der Waals surface area contributed by atoms with Crippen molar-refractivity contribution in [2.24, 2.45) is 5.92 Å². The van der Waals surface area contributed by atoms with Crippen LogP contribution in [-0.4, -0.2) is 49.2 Å². The summed E-state index contributed by atoms with van der Waals surface area (Å²) in [6.45, 7) is 1.27. The van der Waals surface area contributed by atoms with Crippen LogP contribution in [0, 0.1) is 28.6 Å². The standard InChI is InChI=1S/C15H19N7O2/c1-24-15(23)11-2-6-21(7-3-11)13-12(18)14(20-10-19-13)22(8-4-16)9-5-17/h10-11H,2-3,6-9,18H2,1H3. The minimum Gasteiger partial charge on any atom is -0.469 e. The van der Waals surface area contributed by atoms with Crippen molar-refractivity contribution >= 4 is 23.3 Å². The van der Waals surface area contributed by atoms with E-state index in [1.54, 1.807) is 0 Å². The van der Waals surface area contributed by atoms with Gasteiger partial charge in [-0.1, -0.05) is 0 Å². The molecule has 2 heterocycles. The molecule has 1 aromatic rings. The number of nitrogens with two attached hydrogens (primary N) is 1. The van der Waals surface area contributed by atoms with Crippen LogP contribution in [0.2, 0.25) is 0 Å². The molecular weight excluding hydrogens is 310 g/mol. The van der Waals surface area contributed by atoms with Gasteiger partial charge in [-0.2, -0.15) is 10.5 Å². The van der Waals surface area contributed by atoms with Gasteiger partial charge in [-0.05, 0) is 12.8 Å². The van der Waals surface area contributed by atoms with E-state index in [2.05, 4.69) is 9.97 Å². The number of esters is 1. The van der Waals surface area contributed by atoms with Gasteiger partial charge in [0.1, 0.15) is 25.1 Å². The highest BCUT2D eigenvalue weighted by atomic mass is 16.5. The number of nitrogens with zero attached hydrogens (tertiary/aromatic N) is 6. The third kappa shape index (κ3) is 3.63. The monoisotopic (exact) mass is 329 g/mol. The summed E-state index contributed by atoms with van der Waals surface area (Å²) in [5, 5.41) is 17.8. The lowest BCUT2D eigenvalue weighted by Gasteiger charge is -2.32. The minimum atomic E-state index is -0.194. The van der Waals surface area contributed by atoms with E-state index in [0.717, 1.165) is 0 Å². The Hall–Kier alpha value is -3.07. The van der Waals surface area contributed by atoms with Gasteiger partial charge >= 0.3 is 5.97 Å². The van der Waals surface area contributed by atoms with Crippen molar-refractivity contribution in [1.82, 2.24) is 9.97 Å². The Balaban J connectivity index is 2.18. The molecule has 0 aliphatic carbocycles. The molecule has 0 aromatic carbocycles. The zero-order valence-corrected chi connectivity index (χ0v) is 13.5. The number of nitriles is 2. The number of ether oxygens (including phenoxy) is 1. The number of hydrogen-bond donors (Lipinski definition) is 1. The zero-order chi connectivity index (χ0) is 17.5. The second-order valence-electron chi connectivity index (χ2n) is 5.39. The summed E-state index contributed by atoms with van der Waals surface area (Å²) in [6, 6.07) is 3.99. The Morgan fingerprint density at radius 1 is 1.38 bits per heavy atom. The molecule has 0 unspecified atom stereocenters. The Kier molecular flexibility index (Phi) is 5.74. The highest BCUT2D eigenvalue weighted by Gasteiger charge is 2.28. The van der Waals surface area contributed by atoms with Crippen molar-refractivity contribution < 1.29 is 9.53 Å². The van der Waals surface area contributed by atoms with Crippen LogP contribution in [0.15, 0.2) is 6.33 Å². The maximum atomic E-state index is 11.6. The molecule has 1 aliphatic heterocycles. The lowest BCUT2D eigenvalue weighted by molar-refractivity contribution is -0.146. The van der Waals surface area contributed by atoms with Gasteiger partial charge < -0.3 is 20.3 Å². The molecule has 2 rings (SSSR count). The second-order valence-corrected chi connectivity index (χ2v) is 5.39. The van der Waals surface area contributed by atoms with Crippen LogP contribution >= 0.6 is 0 Å². The first-order chi connectivity index (χ1) is 11.6. The Morgan fingerprint density at radius 2 is 2.00 bits per heavy atom. The molecule has 1 aliphatic rings. The predicted molar refractivity (Wildman–Crippen MR) is 86.8 cm³/mol. The molecule has 0 atom stereocenters. The summed E-state index contributed by atoms with van der Waals surface area (Å²) in [5.74, 6) is 0.630. The van der Waals surface area contributed by atoms with Crippen molar-refractivity contribution in [1.29, 1.82) is 10.5 Å². The highest BCUT2D eigenvalue weighted by Crippen LogP contribution is 2.31. The lowest BCUT2D eigenvalue weighted by atomic mass is 9.97. The van der Waals surface area contributed by atoms with Crippen LogP contribution in [0.5, 0.6) is 0 Å². The van der Waals surface area contributed by atoms with Crippen molar-refractivity contribution in [2.45, 2.75) is 12.8 Å². The first-order valence-electron chi connectivity index (χ1n) is 7.54. The number of carbonyl (C=O) groups is 1. The minimum absolute atomic E-state index is 0.0125. The number of hydrogen-bond acceptors (Lipinski definition) is 9. The largest absolute Gasteiger partial charge is 0.469 e. The first-order valence-corrected chi connectivity index (χ1v) is 7.54. The Bertz CT molecular complexity index is 655. The number of aromatic nitrogens is 2. The molecule has 126 valence electrons. The molecule has 0 bridgehead atoms. The second kappa shape index (κ2) is 7.97. The van der Waals surface area contributed by atoms with E-state index >= 15 is 0 Å². The van der Waals surface area contributed by atoms with Crippen LogP contribution in [0.1, 0.15) is 12.8 Å². The average Bonchev–Trinajstić information content (AvgIpc) is 2.61. The predicted octanol–water partition coefficient (Wildman–Crippen LogP) is 0.302. The molecule has 0 saturated carbocycles. The summed E-state index contributed by atoms with van der Waals surface area (Å²) in [7, 11) is 1.39. The lowest BCUT2D eigenvalue weighted by Crippen LogP contribution is -2.38. The quantitative estimate of drug-likeness (QED) is 0.598. The molecular formula is C15H19N7O2. The summed E-state index contributed by atoms with van der Waals surface area (Å²) in [5.41, 5.74) is 6.51. The van der Waals surface area contributed by atoms with Gasteiger partial charge in [0.25, 0.3) is 0 Å². The van der Waals surface area contributed by atoms with E-state index in [-0.39, 0.29) is 25.0 Å². The van der Waals surface area contributed by atoms with E-state index in [1.165, 1.54) is 18.3 Å². The van der Waals surface area contributed by atoms with Gasteiger partial charge in [0.05, 0.1) is 25.2 Å². The molecule has 1 aromatic heterocycles. The van der Waals surface area contributed by atoms with E-state index < -0.39 is 0 Å². The van der Waals surface area contributed by atoms with Gasteiger partial charge in [0.15, 0.2) is 11.6 Å². The Labute approximate surface area is 140 Å². The number of piperidine rings is 1. The summed E-state index contributed by atoms with van der Waals surface area (Å²) in [6.07, 6.45) is 2.69. The SMILES string of the molecule is COC(=O)C1CCN(c2ncnc(N(CC#N)CC#N)c2N)CC1. The Morgan fingerprint density at radius 3 is 2.54 bits per heavy atom. The van der Waals surface area contributed by atoms with Gasteiger partial charge in [-0.25, -0.2) is 9.97 Å². The molecule has 2 N–H and O–H groups in total. The molecule has 0 radical (unpaired) electrons. The van der Waals surface area contributed by atoms with Crippen LogP contribution < -0.4 is 15.5 Å². The van der Waals surface area contributed by atoms with Crippen molar-refractivity contribution in [3.05, 3.63) is 6.33 Å². The maximum Gasteiger partial charge on any atom is 0.308 e. The van der Waals surface area contributed by atoms with Crippen molar-refractivity contribution in [3.8, 4) is 12.1 Å². The van der Waals surface area contributed by atoms with Crippen LogP contribution in [0.4, 0.5) is 17.3 Å². The van der Waals surface area contributed by atoms with Crippen LogP contribution in [0.25, 0.3) is 0 Å². The maximum absolute atomic E-state index is 11.6. The molecule has 0 amide bonds. The van der Waals surface area contributed by atoms with Gasteiger partial charge in [0.2, 0.25) is 0 Å². The highest BCUT2D eigenvalue weighted by molar-refractivity contribution is 5.77. The number of anilines is 3. The first kappa shape index (κ1) is 17.3. The van der Waals surface area contributed by atoms with E-state index in [1.807, 2.05) is 17.0 Å². The zero-order valence-electron chi connectivity index (χ0n) is 13.5. The van der Waals surface area contributed by atoms with Gasteiger partial charge in [0, 0.05) is 13.1 Å². The molecule has 1 saturated heterocycles. The third-order valence-electron chi connectivity index (χ3n) is 3.99. The van der Waals surface area contributed by atoms with Crippen LogP contribution in [0.3, 0.4) is 0 Å². The van der Waals surface area contributed by atoms with E-state index in [4.69, 9.17) is 21.0 Å². The fraction of sp³-hybridized carbons (Fsp3) is 0.533. The van der Waals surface area contributed by atoms with E-state index in [0.29, 0.717) is 43.3 Å². The van der Waals surface area contributed by atoms with Crippen molar-refractivity contribution in [3.63, 3.8) is 0 Å². The number of rotatable bonds is 5. The topological polar surface area (TPSA) is 132 Å². The van der Waals surface area contributed by atoms with E-state index in [9.17, 15) is 4.79 Å². The third-order valence-corrected chi connectivity index (χ3v) is 3.99. The molecule has 9 heteroatoms. The number of methoxy groups -OCH3 is 1. The van der Waals surface area contributed by atoms with Crippen LogP contribution in [-0.2, 0) is 9.53 Å².